The maximum absolute atomic E-state index is 12.3. The van der Waals surface area contributed by atoms with Crippen LogP contribution in [0.25, 0.3) is 10.9 Å². The fourth-order valence-corrected chi connectivity index (χ4v) is 2.95. The summed E-state index contributed by atoms with van der Waals surface area (Å²) in [6.07, 6.45) is 0. The summed E-state index contributed by atoms with van der Waals surface area (Å²) in [5.41, 5.74) is 2.02. The number of likely N-dealkylation sites (N-methyl/N-ethyl adjacent to an activating group) is 1. The van der Waals surface area contributed by atoms with Crippen molar-refractivity contribution in [1.82, 2.24) is 9.97 Å². The van der Waals surface area contributed by atoms with Crippen LogP contribution in [0.4, 0.5) is 5.69 Å². The van der Waals surface area contributed by atoms with E-state index >= 15 is 0 Å². The zero-order valence-electron chi connectivity index (χ0n) is 14.6. The third kappa shape index (κ3) is 4.09. The first-order chi connectivity index (χ1) is 12.4. The van der Waals surface area contributed by atoms with E-state index in [0.29, 0.717) is 34.0 Å². The Bertz CT molecular complexity index is 1020. The predicted octanol–water partition coefficient (Wildman–Crippen LogP) is 1.54. The average molecular weight is 372 g/mol. The van der Waals surface area contributed by atoms with Crippen molar-refractivity contribution in [1.29, 1.82) is 0 Å². The Hall–Kier alpha value is -2.70. The average Bonchev–Trinajstić information content (AvgIpc) is 2.59. The van der Waals surface area contributed by atoms with Crippen molar-refractivity contribution in [2.45, 2.75) is 13.5 Å². The fourth-order valence-electron chi connectivity index (χ4n) is 2.78. The number of para-hydroxylation sites is 1. The van der Waals surface area contributed by atoms with E-state index in [1.165, 1.54) is 0 Å². The van der Waals surface area contributed by atoms with Crippen molar-refractivity contribution in [3.8, 4) is 0 Å². The first-order valence-electron chi connectivity index (χ1n) is 8.28. The lowest BCUT2D eigenvalue weighted by atomic mass is 10.2. The largest absolute Gasteiger partial charge is 0.323 e. The van der Waals surface area contributed by atoms with Gasteiger partial charge in [-0.1, -0.05) is 29.8 Å². The SMILES string of the molecule is Cc1c(Cl)cccc1NC(=O)C[NH+](C)Cc1nc2ccccc2c(=O)[nH]1. The number of nitrogens with zero attached hydrogens (tertiary/aromatic N) is 1. The van der Waals surface area contributed by atoms with Crippen LogP contribution in [0.3, 0.4) is 0 Å². The minimum absolute atomic E-state index is 0.129. The number of benzene rings is 2. The number of hydrogen-bond acceptors (Lipinski definition) is 3. The number of aromatic amines is 1. The van der Waals surface area contributed by atoms with Gasteiger partial charge in [0.05, 0.1) is 18.0 Å². The van der Waals surface area contributed by atoms with Crippen molar-refractivity contribution in [3.05, 3.63) is 69.2 Å². The molecule has 2 aromatic carbocycles. The van der Waals surface area contributed by atoms with Crippen LogP contribution >= 0.6 is 11.6 Å². The number of amides is 1. The number of nitrogens with one attached hydrogen (secondary N) is 3. The van der Waals surface area contributed by atoms with Crippen LogP contribution in [0.1, 0.15) is 11.4 Å². The Morgan fingerprint density at radius 2 is 2.00 bits per heavy atom. The Labute approximate surface area is 155 Å². The zero-order valence-corrected chi connectivity index (χ0v) is 15.4. The topological polar surface area (TPSA) is 79.3 Å². The monoisotopic (exact) mass is 371 g/mol. The molecule has 6 nitrogen and oxygen atoms in total. The minimum atomic E-state index is -0.169. The van der Waals surface area contributed by atoms with E-state index < -0.39 is 0 Å². The zero-order chi connectivity index (χ0) is 18.7. The molecule has 0 aliphatic heterocycles. The quantitative estimate of drug-likeness (QED) is 0.636. The van der Waals surface area contributed by atoms with Crippen LogP contribution in [-0.4, -0.2) is 29.5 Å². The molecule has 1 aromatic heterocycles. The van der Waals surface area contributed by atoms with Gasteiger partial charge in [-0.2, -0.15) is 0 Å². The van der Waals surface area contributed by atoms with Crippen LogP contribution in [0.15, 0.2) is 47.3 Å². The molecule has 0 aliphatic carbocycles. The van der Waals surface area contributed by atoms with Gasteiger partial charge in [0.2, 0.25) is 0 Å². The molecule has 0 bridgehead atoms. The van der Waals surface area contributed by atoms with E-state index in [9.17, 15) is 9.59 Å². The summed E-state index contributed by atoms with van der Waals surface area (Å²) in [5, 5.41) is 4.04. The first-order valence-corrected chi connectivity index (χ1v) is 8.66. The summed E-state index contributed by atoms with van der Waals surface area (Å²) in [5.74, 6) is 0.425. The number of quaternary nitrogens is 1. The van der Waals surface area contributed by atoms with Gasteiger partial charge in [0, 0.05) is 10.7 Å². The standard InChI is InChI=1S/C19H19ClN4O2/c1-12-14(20)7-5-9-15(12)22-18(25)11-24(2)10-17-21-16-8-4-3-6-13(16)19(26)23-17/h3-9H,10-11H2,1-2H3,(H,22,25)(H,21,23,26)/p+1. The van der Waals surface area contributed by atoms with Gasteiger partial charge in [0.1, 0.15) is 6.54 Å². The van der Waals surface area contributed by atoms with Crippen LogP contribution < -0.4 is 15.8 Å². The highest BCUT2D eigenvalue weighted by molar-refractivity contribution is 6.31. The Morgan fingerprint density at radius 3 is 2.81 bits per heavy atom. The molecule has 26 heavy (non-hydrogen) atoms. The highest BCUT2D eigenvalue weighted by Crippen LogP contribution is 2.22. The van der Waals surface area contributed by atoms with Crippen LogP contribution in [0, 0.1) is 6.92 Å². The van der Waals surface area contributed by atoms with E-state index in [0.717, 1.165) is 10.5 Å². The van der Waals surface area contributed by atoms with Gasteiger partial charge >= 0.3 is 0 Å². The number of aromatic nitrogens is 2. The van der Waals surface area contributed by atoms with Crippen molar-refractivity contribution >= 4 is 34.1 Å². The molecule has 1 atom stereocenters. The molecule has 1 heterocycles. The van der Waals surface area contributed by atoms with Gasteiger partial charge in [-0.25, -0.2) is 4.98 Å². The molecular weight excluding hydrogens is 352 g/mol. The van der Waals surface area contributed by atoms with E-state index in [1.807, 2.05) is 26.1 Å². The summed E-state index contributed by atoms with van der Waals surface area (Å²) in [4.78, 5) is 32.6. The molecule has 1 unspecified atom stereocenters. The molecule has 0 fully saturated rings. The number of H-pyrrole nitrogens is 1. The molecule has 0 saturated heterocycles. The molecule has 134 valence electrons. The molecule has 7 heteroatoms. The number of fused-ring (bicyclic) bond motifs is 1. The highest BCUT2D eigenvalue weighted by atomic mass is 35.5. The van der Waals surface area contributed by atoms with Crippen molar-refractivity contribution in [3.63, 3.8) is 0 Å². The normalized spacial score (nSPS) is 12.1. The second-order valence-electron chi connectivity index (χ2n) is 6.30. The number of rotatable bonds is 5. The maximum Gasteiger partial charge on any atom is 0.279 e. The number of anilines is 1. The second kappa shape index (κ2) is 7.68. The third-order valence-electron chi connectivity index (χ3n) is 4.14. The molecule has 3 N–H and O–H groups in total. The van der Waals surface area contributed by atoms with Crippen LogP contribution in [0.5, 0.6) is 0 Å². The number of carbonyl (C=O) groups is 1. The molecule has 0 spiro atoms. The smallest absolute Gasteiger partial charge is 0.279 e. The molecule has 3 aromatic rings. The Balaban J connectivity index is 1.67. The summed E-state index contributed by atoms with van der Waals surface area (Å²) in [7, 11) is 1.87. The van der Waals surface area contributed by atoms with Gasteiger partial charge in [-0.3, -0.25) is 9.59 Å². The van der Waals surface area contributed by atoms with E-state index in [-0.39, 0.29) is 18.0 Å². The van der Waals surface area contributed by atoms with Crippen LogP contribution in [0.2, 0.25) is 5.02 Å². The molecular formula is C19H20ClN4O2+. The highest BCUT2D eigenvalue weighted by Gasteiger charge is 2.14. The van der Waals surface area contributed by atoms with Crippen molar-refractivity contribution in [2.24, 2.45) is 0 Å². The van der Waals surface area contributed by atoms with E-state index in [1.54, 1.807) is 30.3 Å². The van der Waals surface area contributed by atoms with Gasteiger partial charge in [0.15, 0.2) is 12.4 Å². The number of hydrogen-bond donors (Lipinski definition) is 3. The minimum Gasteiger partial charge on any atom is -0.323 e. The predicted molar refractivity (Wildman–Crippen MR) is 103 cm³/mol. The summed E-state index contributed by atoms with van der Waals surface area (Å²) in [6, 6.07) is 12.6. The maximum atomic E-state index is 12.3. The van der Waals surface area contributed by atoms with Gasteiger partial charge in [-0.15, -0.1) is 0 Å². The lowest BCUT2D eigenvalue weighted by molar-refractivity contribution is -0.885. The lowest BCUT2D eigenvalue weighted by Gasteiger charge is -2.14. The lowest BCUT2D eigenvalue weighted by Crippen LogP contribution is -3.08. The van der Waals surface area contributed by atoms with Crippen molar-refractivity contribution < 1.29 is 9.69 Å². The Kier molecular flexibility index (Phi) is 5.35. The third-order valence-corrected chi connectivity index (χ3v) is 4.54. The van der Waals surface area contributed by atoms with Gasteiger partial charge < -0.3 is 15.2 Å². The first kappa shape index (κ1) is 18.1. The summed E-state index contributed by atoms with van der Waals surface area (Å²) < 4.78 is 0. The molecule has 1 amide bonds. The molecule has 0 aliphatic rings. The fraction of sp³-hybridized carbons (Fsp3) is 0.211. The summed E-state index contributed by atoms with van der Waals surface area (Å²) in [6.45, 7) is 2.53. The van der Waals surface area contributed by atoms with E-state index in [2.05, 4.69) is 15.3 Å². The molecule has 3 rings (SSSR count). The second-order valence-corrected chi connectivity index (χ2v) is 6.71. The number of halogens is 1. The van der Waals surface area contributed by atoms with Gasteiger partial charge in [0.25, 0.3) is 11.5 Å². The molecule has 0 saturated carbocycles. The van der Waals surface area contributed by atoms with Gasteiger partial charge in [-0.05, 0) is 36.8 Å². The van der Waals surface area contributed by atoms with Crippen LogP contribution in [-0.2, 0) is 11.3 Å². The van der Waals surface area contributed by atoms with E-state index in [4.69, 9.17) is 11.6 Å². The number of carbonyl (C=O) groups excluding carboxylic acids is 1. The summed E-state index contributed by atoms with van der Waals surface area (Å²) >= 11 is 6.07. The Morgan fingerprint density at radius 1 is 1.23 bits per heavy atom. The van der Waals surface area contributed by atoms with Crippen molar-refractivity contribution in [2.75, 3.05) is 18.9 Å². The molecule has 0 radical (unpaired) electrons.